The molecule has 1 amide bonds. The largest absolute Gasteiger partial charge is 0.341 e. The molecule has 28 heavy (non-hydrogen) atoms. The topological polar surface area (TPSA) is 64.2 Å². The van der Waals surface area contributed by atoms with Crippen molar-refractivity contribution in [1.29, 1.82) is 0 Å². The first-order valence-electron chi connectivity index (χ1n) is 9.82. The SMILES string of the molecule is Cn1nc(-c2ccccc2)c2c1CCN(C(=O)[C@@H](N)Cc1ccccc1)CC2. The number of carbonyl (C=O) groups is 1. The highest BCUT2D eigenvalue weighted by molar-refractivity contribution is 5.82. The molecule has 0 saturated heterocycles. The second-order valence-corrected chi connectivity index (χ2v) is 7.38. The molecule has 0 radical (unpaired) electrons. The van der Waals surface area contributed by atoms with Gasteiger partial charge in [0.05, 0.1) is 11.7 Å². The maximum atomic E-state index is 12.9. The van der Waals surface area contributed by atoms with Crippen LogP contribution in [0.2, 0.25) is 0 Å². The van der Waals surface area contributed by atoms with Crippen LogP contribution in [-0.2, 0) is 31.1 Å². The van der Waals surface area contributed by atoms with Crippen LogP contribution in [0.4, 0.5) is 0 Å². The van der Waals surface area contributed by atoms with E-state index in [0.29, 0.717) is 19.5 Å². The summed E-state index contributed by atoms with van der Waals surface area (Å²) in [5.74, 6) is 0.0332. The summed E-state index contributed by atoms with van der Waals surface area (Å²) in [6.07, 6.45) is 2.17. The van der Waals surface area contributed by atoms with Crippen LogP contribution in [0.1, 0.15) is 16.8 Å². The number of fused-ring (bicyclic) bond motifs is 1. The van der Waals surface area contributed by atoms with Gasteiger partial charge in [0, 0.05) is 43.4 Å². The molecule has 0 unspecified atom stereocenters. The fourth-order valence-electron chi connectivity index (χ4n) is 4.02. The first-order valence-corrected chi connectivity index (χ1v) is 9.82. The Morgan fingerprint density at radius 2 is 1.68 bits per heavy atom. The molecular formula is C23H26N4O. The van der Waals surface area contributed by atoms with Gasteiger partial charge < -0.3 is 10.6 Å². The number of amides is 1. The monoisotopic (exact) mass is 374 g/mol. The molecule has 1 aliphatic rings. The van der Waals surface area contributed by atoms with Crippen molar-refractivity contribution in [3.05, 3.63) is 77.5 Å². The third kappa shape index (κ3) is 3.71. The van der Waals surface area contributed by atoms with Crippen LogP contribution in [-0.4, -0.2) is 39.7 Å². The zero-order chi connectivity index (χ0) is 19.5. The van der Waals surface area contributed by atoms with Crippen LogP contribution in [0, 0.1) is 0 Å². The van der Waals surface area contributed by atoms with E-state index in [-0.39, 0.29) is 5.91 Å². The highest BCUT2D eigenvalue weighted by Crippen LogP contribution is 2.28. The fraction of sp³-hybridized carbons (Fsp3) is 0.304. The van der Waals surface area contributed by atoms with Crippen LogP contribution >= 0.6 is 0 Å². The minimum absolute atomic E-state index is 0.0332. The van der Waals surface area contributed by atoms with Crippen LogP contribution < -0.4 is 5.73 Å². The van der Waals surface area contributed by atoms with E-state index in [1.165, 1.54) is 11.3 Å². The minimum atomic E-state index is -0.504. The molecule has 2 N–H and O–H groups in total. The number of benzene rings is 2. The molecule has 5 nitrogen and oxygen atoms in total. The number of carbonyl (C=O) groups excluding carboxylic acids is 1. The van der Waals surface area contributed by atoms with Crippen molar-refractivity contribution in [2.75, 3.05) is 13.1 Å². The predicted molar refractivity (Wildman–Crippen MR) is 111 cm³/mol. The van der Waals surface area contributed by atoms with Crippen molar-refractivity contribution < 1.29 is 4.79 Å². The van der Waals surface area contributed by atoms with Crippen LogP contribution in [0.5, 0.6) is 0 Å². The maximum Gasteiger partial charge on any atom is 0.239 e. The van der Waals surface area contributed by atoms with E-state index in [1.54, 1.807) is 0 Å². The predicted octanol–water partition coefficient (Wildman–Crippen LogP) is 2.58. The number of nitrogens with two attached hydrogens (primary N) is 1. The first-order chi connectivity index (χ1) is 13.6. The third-order valence-electron chi connectivity index (χ3n) is 5.50. The summed E-state index contributed by atoms with van der Waals surface area (Å²) < 4.78 is 1.97. The van der Waals surface area contributed by atoms with E-state index in [9.17, 15) is 4.79 Å². The van der Waals surface area contributed by atoms with Crippen molar-refractivity contribution in [1.82, 2.24) is 14.7 Å². The Labute approximate surface area is 165 Å². The van der Waals surface area contributed by atoms with E-state index in [0.717, 1.165) is 29.7 Å². The Kier molecular flexibility index (Phi) is 5.26. The number of hydrogen-bond acceptors (Lipinski definition) is 3. The third-order valence-corrected chi connectivity index (χ3v) is 5.50. The Hall–Kier alpha value is -2.92. The van der Waals surface area contributed by atoms with Gasteiger partial charge in [0.2, 0.25) is 5.91 Å². The lowest BCUT2D eigenvalue weighted by atomic mass is 10.0. The van der Waals surface area contributed by atoms with Gasteiger partial charge in [-0.2, -0.15) is 5.10 Å². The number of nitrogens with zero attached hydrogens (tertiary/aromatic N) is 3. The second kappa shape index (κ2) is 7.98. The molecule has 0 saturated carbocycles. The molecule has 1 aromatic heterocycles. The molecule has 3 aromatic rings. The van der Waals surface area contributed by atoms with Crippen LogP contribution in [0.3, 0.4) is 0 Å². The van der Waals surface area contributed by atoms with Crippen LogP contribution in [0.25, 0.3) is 11.3 Å². The molecule has 0 spiro atoms. The summed E-state index contributed by atoms with van der Waals surface area (Å²) in [7, 11) is 1.99. The van der Waals surface area contributed by atoms with E-state index >= 15 is 0 Å². The molecule has 1 atom stereocenters. The average Bonchev–Trinajstić information content (AvgIpc) is 2.90. The zero-order valence-corrected chi connectivity index (χ0v) is 16.2. The van der Waals surface area contributed by atoms with Gasteiger partial charge in [0.25, 0.3) is 0 Å². The van der Waals surface area contributed by atoms with Crippen molar-refractivity contribution in [3.63, 3.8) is 0 Å². The van der Waals surface area contributed by atoms with Crippen LogP contribution in [0.15, 0.2) is 60.7 Å². The van der Waals surface area contributed by atoms with Crippen molar-refractivity contribution in [3.8, 4) is 11.3 Å². The number of hydrogen-bond donors (Lipinski definition) is 1. The maximum absolute atomic E-state index is 12.9. The van der Waals surface area contributed by atoms with E-state index in [1.807, 2.05) is 65.2 Å². The van der Waals surface area contributed by atoms with Gasteiger partial charge in [-0.1, -0.05) is 60.7 Å². The standard InChI is InChI=1S/C23H26N4O/c1-26-21-13-15-27(23(28)20(24)16-17-8-4-2-5-9-17)14-12-19(21)22(25-26)18-10-6-3-7-11-18/h2-11,20H,12-16,24H2,1H3/t20-/m0/s1. The second-order valence-electron chi connectivity index (χ2n) is 7.38. The smallest absolute Gasteiger partial charge is 0.239 e. The van der Waals surface area contributed by atoms with Gasteiger partial charge in [-0.25, -0.2) is 0 Å². The fourth-order valence-corrected chi connectivity index (χ4v) is 4.02. The normalized spacial score (nSPS) is 15.0. The Bertz CT molecular complexity index is 949. The van der Waals surface area contributed by atoms with Gasteiger partial charge in [0.1, 0.15) is 0 Å². The summed E-state index contributed by atoms with van der Waals surface area (Å²) >= 11 is 0. The van der Waals surface area contributed by atoms with E-state index < -0.39 is 6.04 Å². The van der Waals surface area contributed by atoms with E-state index in [4.69, 9.17) is 10.8 Å². The van der Waals surface area contributed by atoms with Gasteiger partial charge in [0.15, 0.2) is 0 Å². The first kappa shape index (κ1) is 18.4. The summed E-state index contributed by atoms with van der Waals surface area (Å²) in [4.78, 5) is 14.9. The molecule has 0 fully saturated rings. The highest BCUT2D eigenvalue weighted by atomic mass is 16.2. The molecule has 0 bridgehead atoms. The lowest BCUT2D eigenvalue weighted by molar-refractivity contribution is -0.132. The molecule has 144 valence electrons. The van der Waals surface area contributed by atoms with Crippen molar-refractivity contribution >= 4 is 5.91 Å². The molecule has 0 aliphatic carbocycles. The summed E-state index contributed by atoms with van der Waals surface area (Å²) in [5.41, 5.74) is 12.0. The average molecular weight is 374 g/mol. The van der Waals surface area contributed by atoms with E-state index in [2.05, 4.69) is 12.1 Å². The van der Waals surface area contributed by atoms with Crippen molar-refractivity contribution in [2.45, 2.75) is 25.3 Å². The summed E-state index contributed by atoms with van der Waals surface area (Å²) in [5, 5.41) is 4.75. The number of rotatable bonds is 4. The van der Waals surface area contributed by atoms with Gasteiger partial charge in [-0.05, 0) is 18.4 Å². The lowest BCUT2D eigenvalue weighted by Crippen LogP contribution is -2.46. The molecule has 4 rings (SSSR count). The van der Waals surface area contributed by atoms with Gasteiger partial charge in [-0.15, -0.1) is 0 Å². The Morgan fingerprint density at radius 1 is 1.04 bits per heavy atom. The zero-order valence-electron chi connectivity index (χ0n) is 16.2. The van der Waals surface area contributed by atoms with Gasteiger partial charge >= 0.3 is 0 Å². The Balaban J connectivity index is 1.49. The summed E-state index contributed by atoms with van der Waals surface area (Å²) in [6, 6.07) is 19.7. The molecular weight excluding hydrogens is 348 g/mol. The molecule has 2 heterocycles. The van der Waals surface area contributed by atoms with Gasteiger partial charge in [-0.3, -0.25) is 9.48 Å². The Morgan fingerprint density at radius 3 is 2.39 bits per heavy atom. The molecule has 2 aromatic carbocycles. The lowest BCUT2D eigenvalue weighted by Gasteiger charge is -2.24. The quantitative estimate of drug-likeness (QED) is 0.763. The highest BCUT2D eigenvalue weighted by Gasteiger charge is 2.27. The number of aromatic nitrogens is 2. The van der Waals surface area contributed by atoms with Crippen molar-refractivity contribution in [2.24, 2.45) is 12.8 Å². The minimum Gasteiger partial charge on any atom is -0.341 e. The molecule has 5 heteroatoms. The summed E-state index contributed by atoms with van der Waals surface area (Å²) in [6.45, 7) is 1.36. The molecule has 1 aliphatic heterocycles. The number of aryl methyl sites for hydroxylation is 1.